The second kappa shape index (κ2) is 10.5. The standard InChI is InChI=1S/C25H27Cl2N5OS/c26-20-8-6-18(7-9-20)15-23-28-25(34-29-23)32-10-2-3-19(17-32)24(33)31-13-11-30(12-14-31)22-5-1-4-21(27)16-22/h1,4-9,16,19H,2-3,10-15,17H2. The summed E-state index contributed by atoms with van der Waals surface area (Å²) in [6, 6.07) is 15.7. The number of aromatic nitrogens is 2. The Morgan fingerprint density at radius 1 is 0.971 bits per heavy atom. The summed E-state index contributed by atoms with van der Waals surface area (Å²) in [6.07, 6.45) is 2.60. The number of halogens is 2. The molecule has 1 amide bonds. The van der Waals surface area contributed by atoms with Crippen LogP contribution in [0.25, 0.3) is 0 Å². The molecule has 0 radical (unpaired) electrons. The molecule has 3 aromatic rings. The molecule has 1 aromatic heterocycles. The molecule has 0 aliphatic carbocycles. The zero-order chi connectivity index (χ0) is 23.5. The maximum absolute atomic E-state index is 13.3. The molecule has 2 aliphatic rings. The number of benzene rings is 2. The number of nitrogens with zero attached hydrogens (tertiary/aromatic N) is 5. The number of amides is 1. The van der Waals surface area contributed by atoms with Crippen LogP contribution in [0.15, 0.2) is 48.5 Å². The normalized spacial score (nSPS) is 18.9. The molecule has 0 spiro atoms. The molecule has 3 heterocycles. The van der Waals surface area contributed by atoms with Crippen molar-refractivity contribution in [3.05, 3.63) is 70.0 Å². The molecule has 6 nitrogen and oxygen atoms in total. The number of rotatable bonds is 5. The van der Waals surface area contributed by atoms with Crippen LogP contribution >= 0.6 is 34.7 Å². The van der Waals surface area contributed by atoms with E-state index >= 15 is 0 Å². The number of anilines is 2. The topological polar surface area (TPSA) is 52.6 Å². The van der Waals surface area contributed by atoms with E-state index in [1.165, 1.54) is 11.5 Å². The molecule has 0 N–H and O–H groups in total. The van der Waals surface area contributed by atoms with Crippen molar-refractivity contribution >= 4 is 51.5 Å². The number of carbonyl (C=O) groups excluding carboxylic acids is 1. The van der Waals surface area contributed by atoms with E-state index in [9.17, 15) is 4.79 Å². The first-order valence-electron chi connectivity index (χ1n) is 11.7. The van der Waals surface area contributed by atoms with Crippen LogP contribution < -0.4 is 9.80 Å². The minimum absolute atomic E-state index is 0.00934. The van der Waals surface area contributed by atoms with Gasteiger partial charge in [0.15, 0.2) is 0 Å². The van der Waals surface area contributed by atoms with Gasteiger partial charge in [0.2, 0.25) is 11.0 Å². The lowest BCUT2D eigenvalue weighted by Crippen LogP contribution is -2.52. The Morgan fingerprint density at radius 2 is 1.76 bits per heavy atom. The van der Waals surface area contributed by atoms with E-state index in [2.05, 4.69) is 20.2 Å². The summed E-state index contributed by atoms with van der Waals surface area (Å²) in [4.78, 5) is 24.6. The number of piperazine rings is 1. The summed E-state index contributed by atoms with van der Waals surface area (Å²) in [5.41, 5.74) is 2.26. The Bertz CT molecular complexity index is 1130. The molecule has 1 atom stereocenters. The van der Waals surface area contributed by atoms with Gasteiger partial charge in [0, 0.05) is 73.0 Å². The lowest BCUT2D eigenvalue weighted by Gasteiger charge is -2.39. The van der Waals surface area contributed by atoms with E-state index in [0.717, 1.165) is 77.8 Å². The van der Waals surface area contributed by atoms with Crippen molar-refractivity contribution < 1.29 is 4.79 Å². The average Bonchev–Trinajstić information content (AvgIpc) is 3.34. The van der Waals surface area contributed by atoms with Gasteiger partial charge in [-0.05, 0) is 48.7 Å². The van der Waals surface area contributed by atoms with Crippen molar-refractivity contribution in [2.24, 2.45) is 5.92 Å². The van der Waals surface area contributed by atoms with E-state index in [1.807, 2.05) is 47.4 Å². The highest BCUT2D eigenvalue weighted by molar-refractivity contribution is 7.09. The van der Waals surface area contributed by atoms with E-state index in [-0.39, 0.29) is 11.8 Å². The fourth-order valence-electron chi connectivity index (χ4n) is 4.70. The van der Waals surface area contributed by atoms with Crippen LogP contribution in [0.3, 0.4) is 0 Å². The largest absolute Gasteiger partial charge is 0.368 e. The van der Waals surface area contributed by atoms with Crippen LogP contribution in [0.1, 0.15) is 24.2 Å². The molecule has 5 rings (SSSR count). The van der Waals surface area contributed by atoms with Gasteiger partial charge in [-0.1, -0.05) is 41.4 Å². The molecule has 9 heteroatoms. The van der Waals surface area contributed by atoms with Crippen LogP contribution in [-0.4, -0.2) is 59.4 Å². The fourth-order valence-corrected chi connectivity index (χ4v) is 5.73. The van der Waals surface area contributed by atoms with E-state index in [4.69, 9.17) is 28.2 Å². The van der Waals surface area contributed by atoms with E-state index < -0.39 is 0 Å². The maximum atomic E-state index is 13.3. The van der Waals surface area contributed by atoms with E-state index in [0.29, 0.717) is 13.0 Å². The first-order chi connectivity index (χ1) is 16.5. The zero-order valence-corrected chi connectivity index (χ0v) is 21.2. The molecule has 34 heavy (non-hydrogen) atoms. The summed E-state index contributed by atoms with van der Waals surface area (Å²) >= 11 is 13.6. The van der Waals surface area contributed by atoms with Gasteiger partial charge in [-0.2, -0.15) is 4.37 Å². The van der Waals surface area contributed by atoms with Crippen LogP contribution in [-0.2, 0) is 11.2 Å². The summed E-state index contributed by atoms with van der Waals surface area (Å²) in [5, 5.41) is 2.38. The Hall–Kier alpha value is -2.35. The minimum Gasteiger partial charge on any atom is -0.368 e. The highest BCUT2D eigenvalue weighted by Gasteiger charge is 2.32. The van der Waals surface area contributed by atoms with Crippen molar-refractivity contribution in [1.82, 2.24) is 14.3 Å². The summed E-state index contributed by atoms with van der Waals surface area (Å²) in [6.45, 7) is 4.77. The van der Waals surface area contributed by atoms with Gasteiger partial charge in [-0.25, -0.2) is 4.98 Å². The zero-order valence-electron chi connectivity index (χ0n) is 18.9. The number of piperidine rings is 1. The van der Waals surface area contributed by atoms with Crippen LogP contribution in [0, 0.1) is 5.92 Å². The number of hydrogen-bond donors (Lipinski definition) is 0. The molecule has 2 fully saturated rings. The Kier molecular flexibility index (Phi) is 7.23. The highest BCUT2D eigenvalue weighted by atomic mass is 35.5. The van der Waals surface area contributed by atoms with Crippen molar-refractivity contribution in [2.75, 3.05) is 49.1 Å². The van der Waals surface area contributed by atoms with Crippen LogP contribution in [0.2, 0.25) is 10.0 Å². The highest BCUT2D eigenvalue weighted by Crippen LogP contribution is 2.27. The van der Waals surface area contributed by atoms with Crippen LogP contribution in [0.4, 0.5) is 10.8 Å². The molecule has 0 bridgehead atoms. The van der Waals surface area contributed by atoms with E-state index in [1.54, 1.807) is 0 Å². The predicted molar refractivity (Wildman–Crippen MR) is 139 cm³/mol. The lowest BCUT2D eigenvalue weighted by atomic mass is 9.96. The Balaban J connectivity index is 1.17. The molecule has 0 saturated carbocycles. The third-order valence-electron chi connectivity index (χ3n) is 6.54. The Morgan fingerprint density at radius 3 is 2.53 bits per heavy atom. The molecule has 2 saturated heterocycles. The third kappa shape index (κ3) is 5.48. The molecular weight excluding hydrogens is 489 g/mol. The number of carbonyl (C=O) groups is 1. The fraction of sp³-hybridized carbons (Fsp3) is 0.400. The van der Waals surface area contributed by atoms with Gasteiger partial charge in [-0.15, -0.1) is 0 Å². The SMILES string of the molecule is O=C(C1CCCN(c2nc(Cc3ccc(Cl)cc3)ns2)C1)N1CCN(c2cccc(Cl)c2)CC1. The van der Waals surface area contributed by atoms with Gasteiger partial charge in [0.05, 0.1) is 5.92 Å². The smallest absolute Gasteiger partial charge is 0.227 e. The first kappa shape index (κ1) is 23.4. The summed E-state index contributed by atoms with van der Waals surface area (Å²) in [5.74, 6) is 1.09. The second-order valence-corrected chi connectivity index (χ2v) is 10.5. The first-order valence-corrected chi connectivity index (χ1v) is 13.2. The molecule has 178 valence electrons. The lowest BCUT2D eigenvalue weighted by molar-refractivity contribution is -0.136. The van der Waals surface area contributed by atoms with Gasteiger partial charge < -0.3 is 14.7 Å². The molecule has 1 unspecified atom stereocenters. The molecule has 2 aliphatic heterocycles. The van der Waals surface area contributed by atoms with Crippen molar-refractivity contribution in [1.29, 1.82) is 0 Å². The maximum Gasteiger partial charge on any atom is 0.227 e. The number of hydrogen-bond acceptors (Lipinski definition) is 6. The second-order valence-electron chi connectivity index (χ2n) is 8.87. The predicted octanol–water partition coefficient (Wildman–Crippen LogP) is 5.00. The van der Waals surface area contributed by atoms with Crippen molar-refractivity contribution in [3.8, 4) is 0 Å². The Labute approximate surface area is 214 Å². The molecule has 2 aromatic carbocycles. The minimum atomic E-state index is 0.00934. The quantitative estimate of drug-likeness (QED) is 0.478. The summed E-state index contributed by atoms with van der Waals surface area (Å²) in [7, 11) is 0. The van der Waals surface area contributed by atoms with Gasteiger partial charge in [0.1, 0.15) is 5.82 Å². The van der Waals surface area contributed by atoms with Gasteiger partial charge in [-0.3, -0.25) is 4.79 Å². The third-order valence-corrected chi connectivity index (χ3v) is 7.84. The monoisotopic (exact) mass is 515 g/mol. The van der Waals surface area contributed by atoms with Gasteiger partial charge >= 0.3 is 0 Å². The average molecular weight is 516 g/mol. The van der Waals surface area contributed by atoms with Gasteiger partial charge in [0.25, 0.3) is 0 Å². The van der Waals surface area contributed by atoms with Crippen LogP contribution in [0.5, 0.6) is 0 Å². The van der Waals surface area contributed by atoms with Crippen molar-refractivity contribution in [3.63, 3.8) is 0 Å². The summed E-state index contributed by atoms with van der Waals surface area (Å²) < 4.78 is 4.56. The van der Waals surface area contributed by atoms with Crippen molar-refractivity contribution in [2.45, 2.75) is 19.3 Å². The molecular formula is C25H27Cl2N5OS.